The maximum absolute atomic E-state index is 12.9. The van der Waals surface area contributed by atoms with Gasteiger partial charge in [-0.3, -0.25) is 4.79 Å². The minimum Gasteiger partial charge on any atom is -0.502 e. The number of ether oxygens (including phenoxy) is 3. The molecular weight excluding hydrogens is 412 g/mol. The van der Waals surface area contributed by atoms with Crippen molar-refractivity contribution in [3.05, 3.63) is 41.3 Å². The molecule has 3 aliphatic rings. The lowest BCUT2D eigenvalue weighted by molar-refractivity contribution is -0.141. The number of carbonyl (C=O) groups is 1. The molecule has 1 aromatic heterocycles. The largest absolute Gasteiger partial charge is 0.502 e. The van der Waals surface area contributed by atoms with Gasteiger partial charge in [-0.2, -0.15) is 0 Å². The van der Waals surface area contributed by atoms with Gasteiger partial charge in [0.25, 0.3) is 0 Å². The van der Waals surface area contributed by atoms with Crippen molar-refractivity contribution in [2.75, 3.05) is 32.3 Å². The van der Waals surface area contributed by atoms with Gasteiger partial charge in [-0.05, 0) is 41.7 Å². The summed E-state index contributed by atoms with van der Waals surface area (Å²) in [4.78, 5) is 12.9. The van der Waals surface area contributed by atoms with E-state index in [2.05, 4.69) is 0 Å². The van der Waals surface area contributed by atoms with Gasteiger partial charge < -0.3 is 23.7 Å². The first-order valence-electron chi connectivity index (χ1n) is 9.58. The molecule has 0 unspecified atom stereocenters. The molecule has 1 aromatic carbocycles. The Labute approximate surface area is 177 Å². The molecule has 0 amide bonds. The van der Waals surface area contributed by atoms with Crippen molar-refractivity contribution in [2.24, 2.45) is 11.8 Å². The summed E-state index contributed by atoms with van der Waals surface area (Å²) in [6.07, 6.45) is 2.87. The molecule has 0 bridgehead atoms. The third-order valence-corrected chi connectivity index (χ3v) is 9.61. The Balaban J connectivity index is 1.71. The molecule has 2 fully saturated rings. The van der Waals surface area contributed by atoms with Crippen LogP contribution < -0.4 is 9.47 Å². The summed E-state index contributed by atoms with van der Waals surface area (Å²) < 4.78 is 22.1. The van der Waals surface area contributed by atoms with Crippen LogP contribution in [0.5, 0.6) is 17.2 Å². The van der Waals surface area contributed by atoms with Crippen molar-refractivity contribution < 1.29 is 28.5 Å². The van der Waals surface area contributed by atoms with Gasteiger partial charge >= 0.3 is 5.97 Å². The van der Waals surface area contributed by atoms with E-state index in [9.17, 15) is 9.90 Å². The summed E-state index contributed by atoms with van der Waals surface area (Å²) in [6, 6.07) is 5.52. The Kier molecular flexibility index (Phi) is 4.66. The van der Waals surface area contributed by atoms with Crippen LogP contribution in [0.15, 0.2) is 28.9 Å². The number of benzene rings is 1. The SMILES string of the molecule is COc1cc([C@@H]2c3ccoc3C3(SCCCS3)[C@@H]3COC(=O)[C@@H]23)cc(OC)c1O. The first kappa shape index (κ1) is 19.1. The van der Waals surface area contributed by atoms with Gasteiger partial charge in [0.05, 0.1) is 33.0 Å². The number of thioether (sulfide) groups is 2. The summed E-state index contributed by atoms with van der Waals surface area (Å²) in [5.74, 6) is 2.85. The van der Waals surface area contributed by atoms with Gasteiger partial charge in [-0.25, -0.2) is 0 Å². The van der Waals surface area contributed by atoms with Gasteiger partial charge in [-0.1, -0.05) is 0 Å². The van der Waals surface area contributed by atoms with Crippen LogP contribution >= 0.6 is 23.5 Å². The zero-order valence-corrected chi connectivity index (χ0v) is 17.8. The fourth-order valence-electron chi connectivity index (χ4n) is 4.83. The van der Waals surface area contributed by atoms with Crippen LogP contribution in [0.3, 0.4) is 0 Å². The molecule has 1 N–H and O–H groups in total. The highest BCUT2D eigenvalue weighted by Crippen LogP contribution is 2.66. The molecule has 1 aliphatic carbocycles. The molecule has 1 spiro atoms. The third-order valence-electron chi connectivity index (χ3n) is 6.09. The first-order chi connectivity index (χ1) is 14.1. The quantitative estimate of drug-likeness (QED) is 0.728. The molecule has 3 atom stereocenters. The number of fused-ring (bicyclic) bond motifs is 4. The number of hydrogen-bond donors (Lipinski definition) is 1. The number of esters is 1. The van der Waals surface area contributed by atoms with Crippen molar-refractivity contribution in [3.63, 3.8) is 0 Å². The second-order valence-electron chi connectivity index (χ2n) is 7.44. The van der Waals surface area contributed by atoms with Gasteiger partial charge in [0.1, 0.15) is 9.84 Å². The zero-order valence-electron chi connectivity index (χ0n) is 16.2. The van der Waals surface area contributed by atoms with Crippen molar-refractivity contribution in [1.82, 2.24) is 0 Å². The maximum Gasteiger partial charge on any atom is 0.310 e. The molecule has 6 nitrogen and oxygen atoms in total. The first-order valence-corrected chi connectivity index (χ1v) is 11.5. The Bertz CT molecular complexity index is 923. The highest BCUT2D eigenvalue weighted by atomic mass is 32.2. The smallest absolute Gasteiger partial charge is 0.310 e. The van der Waals surface area contributed by atoms with E-state index in [0.29, 0.717) is 18.1 Å². The molecule has 8 heteroatoms. The molecule has 2 aromatic rings. The van der Waals surface area contributed by atoms with E-state index in [4.69, 9.17) is 18.6 Å². The molecule has 0 saturated carbocycles. The summed E-state index contributed by atoms with van der Waals surface area (Å²) in [6.45, 7) is 0.395. The minimum atomic E-state index is -0.322. The fourth-order valence-corrected chi connectivity index (χ4v) is 8.48. The summed E-state index contributed by atoms with van der Waals surface area (Å²) in [5, 5.41) is 10.3. The van der Waals surface area contributed by atoms with Crippen LogP contribution in [0.25, 0.3) is 0 Å². The van der Waals surface area contributed by atoms with Crippen molar-refractivity contribution >= 4 is 29.5 Å². The van der Waals surface area contributed by atoms with Crippen LogP contribution in [-0.4, -0.2) is 43.4 Å². The molecule has 29 heavy (non-hydrogen) atoms. The Morgan fingerprint density at radius 3 is 2.52 bits per heavy atom. The molecule has 2 saturated heterocycles. The highest BCUT2D eigenvalue weighted by Gasteiger charge is 2.61. The lowest BCUT2D eigenvalue weighted by Crippen LogP contribution is -2.43. The molecule has 5 rings (SSSR count). The Morgan fingerprint density at radius 1 is 1.17 bits per heavy atom. The fraction of sp³-hybridized carbons (Fsp3) is 0.476. The number of methoxy groups -OCH3 is 2. The normalized spacial score (nSPS) is 27.2. The second kappa shape index (κ2) is 7.09. The number of hydrogen-bond acceptors (Lipinski definition) is 8. The number of phenols is 1. The average molecular weight is 435 g/mol. The molecule has 2 aliphatic heterocycles. The van der Waals surface area contributed by atoms with Crippen LogP contribution in [0, 0.1) is 11.8 Å². The summed E-state index contributed by atoms with van der Waals surface area (Å²) in [5.41, 5.74) is 1.84. The minimum absolute atomic E-state index is 0.0137. The summed E-state index contributed by atoms with van der Waals surface area (Å²) >= 11 is 3.75. The van der Waals surface area contributed by atoms with Crippen molar-refractivity contribution in [2.45, 2.75) is 16.4 Å². The van der Waals surface area contributed by atoms with Crippen LogP contribution in [0.2, 0.25) is 0 Å². The average Bonchev–Trinajstić information content (AvgIpc) is 3.38. The number of phenolic OH excluding ortho intramolecular Hbond substituents is 1. The van der Waals surface area contributed by atoms with Gasteiger partial charge in [0.15, 0.2) is 11.5 Å². The Morgan fingerprint density at radius 2 is 1.86 bits per heavy atom. The molecule has 0 radical (unpaired) electrons. The van der Waals surface area contributed by atoms with E-state index in [1.54, 1.807) is 18.4 Å². The third kappa shape index (κ3) is 2.68. The van der Waals surface area contributed by atoms with Crippen molar-refractivity contribution in [3.8, 4) is 17.2 Å². The Hall–Kier alpha value is -1.93. The van der Waals surface area contributed by atoms with E-state index in [0.717, 1.165) is 34.8 Å². The maximum atomic E-state index is 12.9. The van der Waals surface area contributed by atoms with E-state index in [1.807, 2.05) is 29.6 Å². The zero-order chi connectivity index (χ0) is 20.2. The lowest BCUT2D eigenvalue weighted by atomic mass is 9.69. The topological polar surface area (TPSA) is 78.1 Å². The van der Waals surface area contributed by atoms with Gasteiger partial charge in [0.2, 0.25) is 5.75 Å². The van der Waals surface area contributed by atoms with E-state index >= 15 is 0 Å². The van der Waals surface area contributed by atoms with Crippen LogP contribution in [-0.2, 0) is 13.6 Å². The number of rotatable bonds is 3. The number of aromatic hydroxyl groups is 1. The number of cyclic esters (lactones) is 1. The monoisotopic (exact) mass is 434 g/mol. The highest BCUT2D eigenvalue weighted by molar-refractivity contribution is 8.18. The van der Waals surface area contributed by atoms with Crippen LogP contribution in [0.1, 0.15) is 29.2 Å². The lowest BCUT2D eigenvalue weighted by Gasteiger charge is -2.46. The standard InChI is InChI=1S/C21H22O6S2/c1-24-14-8-11(9-15(25-2)18(14)22)16-12-4-5-26-19(12)21(28-6-3-7-29-21)13-10-27-20(23)17(13)16/h4-5,8-9,13,16-17,22H,3,6-7,10H2,1-2H3/t13-,16-,17-/m1/s1. The molecular formula is C21H22O6S2. The molecule has 3 heterocycles. The number of carbonyl (C=O) groups excluding carboxylic acids is 1. The predicted octanol–water partition coefficient (Wildman–Crippen LogP) is 3.96. The van der Waals surface area contributed by atoms with E-state index < -0.39 is 0 Å². The van der Waals surface area contributed by atoms with E-state index in [1.165, 1.54) is 14.2 Å². The van der Waals surface area contributed by atoms with Gasteiger partial charge in [0, 0.05) is 17.4 Å². The van der Waals surface area contributed by atoms with Crippen molar-refractivity contribution in [1.29, 1.82) is 0 Å². The van der Waals surface area contributed by atoms with E-state index in [-0.39, 0.29) is 33.6 Å². The predicted molar refractivity (Wildman–Crippen MR) is 111 cm³/mol. The number of furan rings is 1. The van der Waals surface area contributed by atoms with Gasteiger partial charge in [-0.15, -0.1) is 23.5 Å². The molecule has 154 valence electrons. The van der Waals surface area contributed by atoms with Crippen LogP contribution in [0.4, 0.5) is 0 Å². The summed E-state index contributed by atoms with van der Waals surface area (Å²) in [7, 11) is 3.00. The second-order valence-corrected chi connectivity index (χ2v) is 10.4.